The molecule has 0 spiro atoms. The quantitative estimate of drug-likeness (QED) is 0.273. The van der Waals surface area contributed by atoms with Crippen LogP contribution < -0.4 is 4.90 Å². The SMILES string of the molecule is C1=CCCC([C@H]2C=CCCC2N2C3=CC=C(C4=CCC5C(=C4)C4=C(CCC=C4)N5C4=CC(c5ccccc5)=CC(C5C=CC=CC5)C4)CC3c3ccccc32)=C1. The zero-order chi connectivity index (χ0) is 37.0. The van der Waals surface area contributed by atoms with Gasteiger partial charge in [0.1, 0.15) is 0 Å². The minimum absolute atomic E-state index is 0.355. The Balaban J connectivity index is 0.922. The molecule has 0 aromatic heterocycles. The standard InChI is InChI=1S/C54H52N2/c1-4-16-37(17-5-1)42-32-43(38-18-6-2-7-19-38)34-44(33-42)55-51-26-14-11-23-46(51)48-35-40(28-30-53(48)55)41-29-31-54-49(36-41)47-24-12-15-27-52(47)56(54)50-25-13-10-22-45(50)39-20-8-3-9-21-39/h1-8,10-12,15-18,20,22-24,27-29,31-33,35,38,43,45,49-50,53H,9,13-14,19,21,25-26,30,34,36H2/t38?,43?,45-,49?,50?,53?/m1/s1. The fourth-order valence-corrected chi connectivity index (χ4v) is 11.4. The maximum atomic E-state index is 2.80. The number of benzene rings is 2. The van der Waals surface area contributed by atoms with E-state index in [2.05, 4.69) is 168 Å². The van der Waals surface area contributed by atoms with E-state index in [0.29, 0.717) is 35.8 Å². The van der Waals surface area contributed by atoms with Gasteiger partial charge in [0.25, 0.3) is 0 Å². The van der Waals surface area contributed by atoms with Crippen LogP contribution in [0.5, 0.6) is 0 Å². The first kappa shape index (κ1) is 34.0. The number of allylic oxidation sites excluding steroid dienone is 21. The first-order valence-corrected chi connectivity index (χ1v) is 21.5. The monoisotopic (exact) mass is 728 g/mol. The molecule has 2 aromatic carbocycles. The van der Waals surface area contributed by atoms with E-state index in [0.717, 1.165) is 51.4 Å². The van der Waals surface area contributed by atoms with E-state index in [1.807, 2.05) is 0 Å². The third-order valence-corrected chi connectivity index (χ3v) is 14.1. The minimum Gasteiger partial charge on any atom is -0.340 e. The van der Waals surface area contributed by atoms with Crippen LogP contribution in [0.4, 0.5) is 5.69 Å². The fraction of sp³-hybridized carbons (Fsp3) is 0.296. The van der Waals surface area contributed by atoms with E-state index in [1.165, 1.54) is 74.6 Å². The van der Waals surface area contributed by atoms with Gasteiger partial charge in [-0.1, -0.05) is 139 Å². The van der Waals surface area contributed by atoms with E-state index in [4.69, 9.17) is 0 Å². The Kier molecular flexibility index (Phi) is 8.67. The molecule has 0 amide bonds. The highest BCUT2D eigenvalue weighted by atomic mass is 15.2. The molecule has 56 heavy (non-hydrogen) atoms. The van der Waals surface area contributed by atoms with Crippen molar-refractivity contribution in [3.05, 3.63) is 214 Å². The van der Waals surface area contributed by atoms with Gasteiger partial charge in [-0.2, -0.15) is 0 Å². The summed E-state index contributed by atoms with van der Waals surface area (Å²) in [6, 6.07) is 21.2. The third-order valence-electron chi connectivity index (χ3n) is 14.1. The topological polar surface area (TPSA) is 6.48 Å². The molecule has 7 aliphatic carbocycles. The molecule has 9 aliphatic rings. The zero-order valence-electron chi connectivity index (χ0n) is 32.4. The summed E-state index contributed by atoms with van der Waals surface area (Å²) in [6.45, 7) is 0. The van der Waals surface area contributed by atoms with Crippen molar-refractivity contribution in [1.29, 1.82) is 0 Å². The Hall–Kier alpha value is -5.34. The third kappa shape index (κ3) is 5.83. The summed E-state index contributed by atoms with van der Waals surface area (Å²) in [5.41, 5.74) is 17.7. The summed E-state index contributed by atoms with van der Waals surface area (Å²) >= 11 is 0. The molecular formula is C54H52N2. The average Bonchev–Trinajstić information content (AvgIpc) is 3.79. The maximum absolute atomic E-state index is 2.80. The van der Waals surface area contributed by atoms with Crippen molar-refractivity contribution in [2.24, 2.45) is 17.8 Å². The van der Waals surface area contributed by atoms with E-state index in [1.54, 1.807) is 5.57 Å². The van der Waals surface area contributed by atoms with Gasteiger partial charge in [0.2, 0.25) is 0 Å². The van der Waals surface area contributed by atoms with Gasteiger partial charge in [0.05, 0.1) is 6.04 Å². The highest BCUT2D eigenvalue weighted by Crippen LogP contribution is 2.54. The Morgan fingerprint density at radius 1 is 0.661 bits per heavy atom. The number of fused-ring (bicyclic) bond motifs is 5. The normalized spacial score (nSPS) is 30.0. The second kappa shape index (κ2) is 14.3. The molecule has 0 N–H and O–H groups in total. The Morgan fingerprint density at radius 3 is 2.46 bits per heavy atom. The van der Waals surface area contributed by atoms with Gasteiger partial charge in [-0.3, -0.25) is 0 Å². The molecule has 278 valence electrons. The number of nitrogens with zero attached hydrogens (tertiary/aromatic N) is 2. The van der Waals surface area contributed by atoms with Crippen molar-refractivity contribution in [2.75, 3.05) is 4.90 Å². The van der Waals surface area contributed by atoms with Gasteiger partial charge in [-0.05, 0) is 139 Å². The smallest absolute Gasteiger partial charge is 0.0626 e. The lowest BCUT2D eigenvalue weighted by Crippen LogP contribution is -2.41. The first-order valence-electron chi connectivity index (χ1n) is 21.5. The molecule has 0 radical (unpaired) electrons. The molecule has 0 fully saturated rings. The second-order valence-electron chi connectivity index (χ2n) is 17.2. The molecule has 2 heterocycles. The first-order chi connectivity index (χ1) is 27.8. The van der Waals surface area contributed by atoms with Gasteiger partial charge < -0.3 is 9.80 Å². The van der Waals surface area contributed by atoms with Crippen LogP contribution in [0.15, 0.2) is 203 Å². The summed E-state index contributed by atoms with van der Waals surface area (Å²) < 4.78 is 0. The fourth-order valence-electron chi connectivity index (χ4n) is 11.4. The van der Waals surface area contributed by atoms with Crippen LogP contribution in [0.25, 0.3) is 5.57 Å². The van der Waals surface area contributed by atoms with Crippen molar-refractivity contribution < 1.29 is 0 Å². The summed E-state index contributed by atoms with van der Waals surface area (Å²) in [7, 11) is 0. The molecule has 6 atom stereocenters. The average molecular weight is 729 g/mol. The van der Waals surface area contributed by atoms with Crippen molar-refractivity contribution in [1.82, 2.24) is 4.90 Å². The Bertz CT molecular complexity index is 2360. The second-order valence-corrected chi connectivity index (χ2v) is 17.2. The molecule has 2 nitrogen and oxygen atoms in total. The molecule has 11 rings (SSSR count). The van der Waals surface area contributed by atoms with E-state index >= 15 is 0 Å². The van der Waals surface area contributed by atoms with Gasteiger partial charge in [0.15, 0.2) is 0 Å². The largest absolute Gasteiger partial charge is 0.340 e. The maximum Gasteiger partial charge on any atom is 0.0626 e. The van der Waals surface area contributed by atoms with Crippen LogP contribution >= 0.6 is 0 Å². The van der Waals surface area contributed by atoms with Crippen LogP contribution in [0.2, 0.25) is 0 Å². The zero-order valence-corrected chi connectivity index (χ0v) is 32.4. The number of anilines is 1. The summed E-state index contributed by atoms with van der Waals surface area (Å²) in [4.78, 5) is 5.57. The predicted molar refractivity (Wildman–Crippen MR) is 233 cm³/mol. The summed E-state index contributed by atoms with van der Waals surface area (Å²) in [5, 5.41) is 0. The molecular weight excluding hydrogens is 677 g/mol. The van der Waals surface area contributed by atoms with Gasteiger partial charge in [-0.25, -0.2) is 0 Å². The van der Waals surface area contributed by atoms with E-state index < -0.39 is 0 Å². The van der Waals surface area contributed by atoms with E-state index in [9.17, 15) is 0 Å². The van der Waals surface area contributed by atoms with Gasteiger partial charge in [0, 0.05) is 40.7 Å². The molecule has 0 bridgehead atoms. The number of para-hydroxylation sites is 1. The Morgan fingerprint density at radius 2 is 1.57 bits per heavy atom. The van der Waals surface area contributed by atoms with Crippen LogP contribution in [0.1, 0.15) is 81.3 Å². The Labute approximate surface area is 333 Å². The van der Waals surface area contributed by atoms with E-state index in [-0.39, 0.29) is 0 Å². The minimum atomic E-state index is 0.355. The highest BCUT2D eigenvalue weighted by molar-refractivity contribution is 5.77. The highest BCUT2D eigenvalue weighted by Gasteiger charge is 2.44. The van der Waals surface area contributed by atoms with Crippen LogP contribution in [0.3, 0.4) is 0 Å². The lowest BCUT2D eigenvalue weighted by atomic mass is 9.78. The van der Waals surface area contributed by atoms with Crippen molar-refractivity contribution in [2.45, 2.75) is 82.2 Å². The lowest BCUT2D eigenvalue weighted by Gasteiger charge is -2.40. The molecule has 2 heteroatoms. The number of hydrogen-bond acceptors (Lipinski definition) is 2. The predicted octanol–water partition coefficient (Wildman–Crippen LogP) is 13.1. The van der Waals surface area contributed by atoms with Crippen LogP contribution in [0, 0.1) is 17.8 Å². The molecule has 2 aliphatic heterocycles. The molecule has 2 aromatic rings. The summed E-state index contributed by atoms with van der Waals surface area (Å²) in [5.74, 6) is 1.88. The number of rotatable bonds is 6. The van der Waals surface area contributed by atoms with Gasteiger partial charge >= 0.3 is 0 Å². The van der Waals surface area contributed by atoms with Crippen molar-refractivity contribution in [3.8, 4) is 0 Å². The molecule has 0 saturated carbocycles. The van der Waals surface area contributed by atoms with Crippen molar-refractivity contribution in [3.63, 3.8) is 0 Å². The van der Waals surface area contributed by atoms with Crippen LogP contribution in [-0.4, -0.2) is 17.0 Å². The van der Waals surface area contributed by atoms with Crippen molar-refractivity contribution >= 4 is 11.3 Å². The molecule has 5 unspecified atom stereocenters. The lowest BCUT2D eigenvalue weighted by molar-refractivity contribution is 0.324. The molecule has 0 saturated heterocycles. The van der Waals surface area contributed by atoms with Crippen LogP contribution in [-0.2, 0) is 0 Å². The number of hydrogen-bond donors (Lipinski definition) is 0. The summed E-state index contributed by atoms with van der Waals surface area (Å²) in [6.07, 6.45) is 52.6. The van der Waals surface area contributed by atoms with Gasteiger partial charge in [-0.15, -0.1) is 0 Å².